The van der Waals surface area contributed by atoms with Crippen molar-refractivity contribution in [2.45, 2.75) is 31.2 Å². The molecule has 1 aromatic heterocycles. The van der Waals surface area contributed by atoms with E-state index in [2.05, 4.69) is 9.55 Å². The van der Waals surface area contributed by atoms with Gasteiger partial charge >= 0.3 is 0 Å². The molecule has 2 heterocycles. The van der Waals surface area contributed by atoms with Crippen LogP contribution in [0.25, 0.3) is 0 Å². The lowest BCUT2D eigenvalue weighted by molar-refractivity contribution is 0.252. The summed E-state index contributed by atoms with van der Waals surface area (Å²) >= 11 is 0. The number of para-hydroxylation sites is 1. The van der Waals surface area contributed by atoms with Crippen molar-refractivity contribution in [3.8, 4) is 5.75 Å². The Balaban J connectivity index is 1.69. The SMILES string of the molecule is CCOc1ccccc1S(=O)(=O)N1CCC(Cn2ccnc2)CC1. The van der Waals surface area contributed by atoms with Crippen LogP contribution in [0.15, 0.2) is 47.9 Å². The Labute approximate surface area is 143 Å². The van der Waals surface area contributed by atoms with Crippen LogP contribution in [-0.2, 0) is 16.6 Å². The maximum Gasteiger partial charge on any atom is 0.246 e. The van der Waals surface area contributed by atoms with Crippen molar-refractivity contribution in [3.63, 3.8) is 0 Å². The molecule has 0 unspecified atom stereocenters. The van der Waals surface area contributed by atoms with Crippen LogP contribution < -0.4 is 4.74 Å². The zero-order valence-corrected chi connectivity index (χ0v) is 14.7. The van der Waals surface area contributed by atoms with E-state index in [0.717, 1.165) is 19.4 Å². The summed E-state index contributed by atoms with van der Waals surface area (Å²) in [5, 5.41) is 0. The monoisotopic (exact) mass is 349 g/mol. The molecule has 1 aliphatic rings. The molecule has 0 aliphatic carbocycles. The maximum atomic E-state index is 12.9. The van der Waals surface area contributed by atoms with Crippen LogP contribution in [0.4, 0.5) is 0 Å². The average Bonchev–Trinajstić information content (AvgIpc) is 3.09. The van der Waals surface area contributed by atoms with Gasteiger partial charge in [-0.05, 0) is 37.8 Å². The second-order valence-corrected chi connectivity index (χ2v) is 7.89. The molecule has 3 rings (SSSR count). The molecule has 0 N–H and O–H groups in total. The highest BCUT2D eigenvalue weighted by Gasteiger charge is 2.31. The topological polar surface area (TPSA) is 64.4 Å². The second kappa shape index (κ2) is 7.36. The molecule has 0 saturated carbocycles. The molecule has 6 nitrogen and oxygen atoms in total. The Kier molecular flexibility index (Phi) is 5.20. The van der Waals surface area contributed by atoms with Gasteiger partial charge in [-0.3, -0.25) is 0 Å². The summed E-state index contributed by atoms with van der Waals surface area (Å²) in [6.07, 6.45) is 7.23. The molecule has 7 heteroatoms. The first-order valence-electron chi connectivity index (χ1n) is 8.29. The fourth-order valence-electron chi connectivity index (χ4n) is 3.10. The maximum absolute atomic E-state index is 12.9. The van der Waals surface area contributed by atoms with Gasteiger partial charge in [0.25, 0.3) is 0 Å². The van der Waals surface area contributed by atoms with Crippen molar-refractivity contribution in [2.75, 3.05) is 19.7 Å². The molecule has 130 valence electrons. The Morgan fingerprint density at radius 2 is 2.00 bits per heavy atom. The third kappa shape index (κ3) is 3.62. The number of imidazole rings is 1. The third-order valence-corrected chi connectivity index (χ3v) is 6.31. The Morgan fingerprint density at radius 1 is 1.25 bits per heavy atom. The Morgan fingerprint density at radius 3 is 2.67 bits per heavy atom. The molecule has 1 saturated heterocycles. The molecular weight excluding hydrogens is 326 g/mol. The van der Waals surface area contributed by atoms with Gasteiger partial charge in [0.1, 0.15) is 10.6 Å². The van der Waals surface area contributed by atoms with Crippen molar-refractivity contribution in [1.29, 1.82) is 0 Å². The van der Waals surface area contributed by atoms with Crippen molar-refractivity contribution < 1.29 is 13.2 Å². The summed E-state index contributed by atoms with van der Waals surface area (Å²) in [6.45, 7) is 4.28. The van der Waals surface area contributed by atoms with Crippen LogP contribution in [0, 0.1) is 5.92 Å². The number of rotatable bonds is 6. The largest absolute Gasteiger partial charge is 0.492 e. The summed E-state index contributed by atoms with van der Waals surface area (Å²) in [5.74, 6) is 0.910. The first-order valence-corrected chi connectivity index (χ1v) is 9.73. The van der Waals surface area contributed by atoms with E-state index in [9.17, 15) is 8.42 Å². The summed E-state index contributed by atoms with van der Waals surface area (Å²) in [5.41, 5.74) is 0. The van der Waals surface area contributed by atoms with Crippen molar-refractivity contribution in [1.82, 2.24) is 13.9 Å². The van der Waals surface area contributed by atoms with Gasteiger partial charge in [0.2, 0.25) is 10.0 Å². The summed E-state index contributed by atoms with van der Waals surface area (Å²) in [7, 11) is -3.51. The molecule has 0 radical (unpaired) electrons. The molecule has 0 atom stereocenters. The van der Waals surface area contributed by atoms with E-state index in [1.807, 2.05) is 13.1 Å². The van der Waals surface area contributed by atoms with Gasteiger partial charge in [0, 0.05) is 32.0 Å². The molecule has 0 bridgehead atoms. The molecule has 2 aromatic rings. The first kappa shape index (κ1) is 17.0. The van der Waals surface area contributed by atoms with E-state index in [4.69, 9.17) is 4.74 Å². The van der Waals surface area contributed by atoms with Crippen molar-refractivity contribution in [2.24, 2.45) is 5.92 Å². The summed E-state index contributed by atoms with van der Waals surface area (Å²) in [4.78, 5) is 4.32. The number of ether oxygens (including phenoxy) is 1. The number of hydrogen-bond acceptors (Lipinski definition) is 4. The van der Waals surface area contributed by atoms with E-state index in [0.29, 0.717) is 31.4 Å². The average molecular weight is 349 g/mol. The van der Waals surface area contributed by atoms with Gasteiger partial charge in [0.15, 0.2) is 0 Å². The molecule has 0 spiro atoms. The fourth-order valence-corrected chi connectivity index (χ4v) is 4.70. The quantitative estimate of drug-likeness (QED) is 0.803. The van der Waals surface area contributed by atoms with Crippen molar-refractivity contribution >= 4 is 10.0 Å². The molecule has 1 aliphatic heterocycles. The predicted molar refractivity (Wildman–Crippen MR) is 91.3 cm³/mol. The van der Waals surface area contributed by atoms with E-state index < -0.39 is 10.0 Å². The standard InChI is InChI=1S/C17H23N3O3S/c1-2-23-16-5-3-4-6-17(16)24(21,22)20-10-7-15(8-11-20)13-19-12-9-18-14-19/h3-6,9,12,14-15H,2,7-8,10-11,13H2,1H3. The normalized spacial score (nSPS) is 17.0. The van der Waals surface area contributed by atoms with Gasteiger partial charge in [-0.1, -0.05) is 12.1 Å². The lowest BCUT2D eigenvalue weighted by atomic mass is 9.98. The van der Waals surface area contributed by atoms with Crippen LogP contribution in [0.1, 0.15) is 19.8 Å². The van der Waals surface area contributed by atoms with Crippen molar-refractivity contribution in [3.05, 3.63) is 43.0 Å². The van der Waals surface area contributed by atoms with Crippen LogP contribution in [-0.4, -0.2) is 42.0 Å². The zero-order valence-electron chi connectivity index (χ0n) is 13.8. The number of hydrogen-bond donors (Lipinski definition) is 0. The molecular formula is C17H23N3O3S. The minimum Gasteiger partial charge on any atom is -0.492 e. The fraction of sp³-hybridized carbons (Fsp3) is 0.471. The van der Waals surface area contributed by atoms with Gasteiger partial charge in [-0.15, -0.1) is 0 Å². The number of benzene rings is 1. The highest BCUT2D eigenvalue weighted by Crippen LogP contribution is 2.30. The van der Waals surface area contributed by atoms with E-state index in [-0.39, 0.29) is 4.90 Å². The number of piperidine rings is 1. The number of aromatic nitrogens is 2. The highest BCUT2D eigenvalue weighted by molar-refractivity contribution is 7.89. The second-order valence-electron chi connectivity index (χ2n) is 5.99. The van der Waals surface area contributed by atoms with E-state index >= 15 is 0 Å². The Bertz CT molecular complexity index is 751. The van der Waals surface area contributed by atoms with Crippen LogP contribution >= 0.6 is 0 Å². The van der Waals surface area contributed by atoms with Crippen LogP contribution in [0.5, 0.6) is 5.75 Å². The van der Waals surface area contributed by atoms with Gasteiger partial charge in [0.05, 0.1) is 12.9 Å². The lowest BCUT2D eigenvalue weighted by Crippen LogP contribution is -2.39. The highest BCUT2D eigenvalue weighted by atomic mass is 32.2. The van der Waals surface area contributed by atoms with Gasteiger partial charge < -0.3 is 9.30 Å². The minimum atomic E-state index is -3.51. The molecule has 24 heavy (non-hydrogen) atoms. The van der Waals surface area contributed by atoms with Gasteiger partial charge in [-0.2, -0.15) is 4.31 Å². The minimum absolute atomic E-state index is 0.264. The zero-order chi connectivity index (χ0) is 17.0. The molecule has 1 fully saturated rings. The van der Waals surface area contributed by atoms with Crippen LogP contribution in [0.2, 0.25) is 0 Å². The molecule has 0 amide bonds. The van der Waals surface area contributed by atoms with Crippen LogP contribution in [0.3, 0.4) is 0 Å². The van der Waals surface area contributed by atoms with E-state index in [1.54, 1.807) is 41.1 Å². The Hall–Kier alpha value is -1.86. The van der Waals surface area contributed by atoms with Gasteiger partial charge in [-0.25, -0.2) is 13.4 Å². The first-order chi connectivity index (χ1) is 11.6. The third-order valence-electron chi connectivity index (χ3n) is 4.37. The predicted octanol–water partition coefficient (Wildman–Crippen LogP) is 2.38. The smallest absolute Gasteiger partial charge is 0.246 e. The van der Waals surface area contributed by atoms with E-state index in [1.165, 1.54) is 0 Å². The lowest BCUT2D eigenvalue weighted by Gasteiger charge is -2.31. The summed E-state index contributed by atoms with van der Waals surface area (Å²) in [6, 6.07) is 6.86. The number of nitrogens with zero attached hydrogens (tertiary/aromatic N) is 3. The molecule has 1 aromatic carbocycles. The number of sulfonamides is 1. The summed E-state index contributed by atoms with van der Waals surface area (Å²) < 4.78 is 35.0.